The maximum absolute atomic E-state index is 11.8. The van der Waals surface area contributed by atoms with E-state index in [0.717, 1.165) is 31.1 Å². The molecule has 0 unspecified atom stereocenters. The molecule has 116 valence electrons. The van der Waals surface area contributed by atoms with Crippen molar-refractivity contribution in [3.8, 4) is 0 Å². The van der Waals surface area contributed by atoms with Crippen molar-refractivity contribution in [1.82, 2.24) is 9.47 Å². The van der Waals surface area contributed by atoms with Gasteiger partial charge in [-0.05, 0) is 30.5 Å². The lowest BCUT2D eigenvalue weighted by Gasteiger charge is -2.21. The molecule has 0 N–H and O–H groups in total. The molecule has 0 saturated heterocycles. The summed E-state index contributed by atoms with van der Waals surface area (Å²) in [4.78, 5) is 15.6. The molecule has 6 heteroatoms. The zero-order chi connectivity index (χ0) is 15.4. The molecule has 0 aliphatic carbocycles. The Morgan fingerprint density at radius 2 is 2.14 bits per heavy atom. The van der Waals surface area contributed by atoms with Gasteiger partial charge in [-0.3, -0.25) is 9.69 Å². The Kier molecular flexibility index (Phi) is 4.92. The molecule has 3 aromatic heterocycles. The van der Waals surface area contributed by atoms with Gasteiger partial charge < -0.3 is 8.98 Å². The summed E-state index contributed by atoms with van der Waals surface area (Å²) in [7, 11) is 0. The molecular weight excluding hydrogens is 316 g/mol. The maximum Gasteiger partial charge on any atom is 0.307 e. The fraction of sp³-hybridized carbons (Fsp3) is 0.312. The molecule has 0 aromatic carbocycles. The second kappa shape index (κ2) is 7.09. The molecule has 0 bridgehead atoms. The second-order valence-corrected chi connectivity index (χ2v) is 7.02. The molecule has 4 nitrogen and oxygen atoms in total. The molecule has 0 atom stereocenters. The minimum atomic E-state index is 0.117. The van der Waals surface area contributed by atoms with Gasteiger partial charge in [0.05, 0.1) is 12.8 Å². The molecule has 0 saturated carbocycles. The molecule has 0 fully saturated rings. The summed E-state index contributed by atoms with van der Waals surface area (Å²) in [6, 6.07) is 8.11. The Bertz CT molecular complexity index is 705. The van der Waals surface area contributed by atoms with Gasteiger partial charge in [0.2, 0.25) is 0 Å². The van der Waals surface area contributed by atoms with Gasteiger partial charge in [0.15, 0.2) is 0 Å². The van der Waals surface area contributed by atoms with Crippen LogP contribution in [0.3, 0.4) is 0 Å². The summed E-state index contributed by atoms with van der Waals surface area (Å²) in [5, 5.41) is 4.01. The minimum Gasteiger partial charge on any atom is -0.468 e. The van der Waals surface area contributed by atoms with Crippen LogP contribution in [0.4, 0.5) is 0 Å². The van der Waals surface area contributed by atoms with Gasteiger partial charge in [-0.1, -0.05) is 17.4 Å². The number of hydrogen-bond donors (Lipinski definition) is 0. The summed E-state index contributed by atoms with van der Waals surface area (Å²) in [5.74, 6) is 0.950. The zero-order valence-corrected chi connectivity index (χ0v) is 14.0. The van der Waals surface area contributed by atoms with Crippen LogP contribution in [0.25, 0.3) is 0 Å². The first-order valence-corrected chi connectivity index (χ1v) is 8.90. The second-order valence-electron chi connectivity index (χ2n) is 5.16. The van der Waals surface area contributed by atoms with Crippen LogP contribution >= 0.6 is 22.7 Å². The molecule has 0 aliphatic rings. The van der Waals surface area contributed by atoms with E-state index in [1.807, 2.05) is 29.0 Å². The maximum atomic E-state index is 11.8. The van der Waals surface area contributed by atoms with Crippen molar-refractivity contribution >= 4 is 22.7 Å². The van der Waals surface area contributed by atoms with E-state index >= 15 is 0 Å². The van der Waals surface area contributed by atoms with E-state index in [0.29, 0.717) is 6.54 Å². The van der Waals surface area contributed by atoms with Gasteiger partial charge in [-0.25, -0.2) is 0 Å². The Balaban J connectivity index is 1.69. The number of hydrogen-bond acceptors (Lipinski definition) is 5. The number of rotatable bonds is 7. The van der Waals surface area contributed by atoms with Crippen molar-refractivity contribution in [2.75, 3.05) is 6.54 Å². The zero-order valence-electron chi connectivity index (χ0n) is 12.4. The summed E-state index contributed by atoms with van der Waals surface area (Å²) in [6.07, 6.45) is 1.70. The van der Waals surface area contributed by atoms with Crippen LogP contribution < -0.4 is 4.87 Å². The first-order valence-electron chi connectivity index (χ1n) is 7.14. The Hall–Kier alpha value is -1.63. The number of furan rings is 1. The van der Waals surface area contributed by atoms with E-state index in [4.69, 9.17) is 4.42 Å². The quantitative estimate of drug-likeness (QED) is 0.663. The van der Waals surface area contributed by atoms with E-state index < -0.39 is 0 Å². The fourth-order valence-corrected chi connectivity index (χ4v) is 3.88. The lowest BCUT2D eigenvalue weighted by molar-refractivity contribution is 0.227. The molecule has 0 amide bonds. The monoisotopic (exact) mass is 334 g/mol. The van der Waals surface area contributed by atoms with E-state index in [2.05, 4.69) is 22.4 Å². The molecule has 3 rings (SSSR count). The molecule has 22 heavy (non-hydrogen) atoms. The first-order chi connectivity index (χ1) is 10.7. The lowest BCUT2D eigenvalue weighted by atomic mass is 10.3. The van der Waals surface area contributed by atoms with Crippen LogP contribution in [-0.2, 0) is 19.6 Å². The topological polar surface area (TPSA) is 38.4 Å². The van der Waals surface area contributed by atoms with Crippen molar-refractivity contribution in [3.05, 3.63) is 67.3 Å². The van der Waals surface area contributed by atoms with Crippen LogP contribution in [0.5, 0.6) is 0 Å². The third-order valence-electron chi connectivity index (χ3n) is 3.54. The normalized spacial score (nSPS) is 11.4. The van der Waals surface area contributed by atoms with Crippen LogP contribution in [-0.4, -0.2) is 16.0 Å². The van der Waals surface area contributed by atoms with Gasteiger partial charge >= 0.3 is 4.87 Å². The Labute approximate surface area is 137 Å². The minimum absolute atomic E-state index is 0.117. The number of thiazole rings is 1. The molecular formula is C16H18N2O2S2. The average molecular weight is 334 g/mol. The number of thiophene rings is 1. The highest BCUT2D eigenvalue weighted by Gasteiger charge is 2.11. The highest BCUT2D eigenvalue weighted by atomic mass is 32.1. The van der Waals surface area contributed by atoms with E-state index in [9.17, 15) is 4.79 Å². The van der Waals surface area contributed by atoms with E-state index in [1.165, 1.54) is 16.2 Å². The smallest absolute Gasteiger partial charge is 0.307 e. The van der Waals surface area contributed by atoms with Gasteiger partial charge in [0, 0.05) is 35.6 Å². The van der Waals surface area contributed by atoms with Gasteiger partial charge in [0.25, 0.3) is 0 Å². The number of nitrogens with zero attached hydrogens (tertiary/aromatic N) is 2. The molecule has 0 aliphatic heterocycles. The molecule has 0 spiro atoms. The summed E-state index contributed by atoms with van der Waals surface area (Å²) in [5.41, 5.74) is 1.03. The molecule has 3 aromatic rings. The molecule has 0 radical (unpaired) electrons. The van der Waals surface area contributed by atoms with Crippen molar-refractivity contribution in [3.63, 3.8) is 0 Å². The van der Waals surface area contributed by atoms with Crippen molar-refractivity contribution < 1.29 is 4.42 Å². The highest BCUT2D eigenvalue weighted by molar-refractivity contribution is 7.09. The van der Waals surface area contributed by atoms with Crippen LogP contribution in [0.2, 0.25) is 0 Å². The van der Waals surface area contributed by atoms with Crippen LogP contribution in [0.1, 0.15) is 16.3 Å². The first kappa shape index (κ1) is 15.3. The summed E-state index contributed by atoms with van der Waals surface area (Å²) in [6.45, 7) is 5.13. The standard InChI is InChI=1S/C16H18N2O2S2/c1-13-12-22-16(19)18(13)7-6-17(10-14-4-2-8-20-14)11-15-5-3-9-21-15/h2-5,8-9,12H,6-7,10-11H2,1H3. The van der Waals surface area contributed by atoms with Crippen LogP contribution in [0, 0.1) is 6.92 Å². The lowest BCUT2D eigenvalue weighted by Crippen LogP contribution is -2.29. The molecule has 3 heterocycles. The van der Waals surface area contributed by atoms with Gasteiger partial charge in [-0.15, -0.1) is 11.3 Å². The van der Waals surface area contributed by atoms with E-state index in [1.54, 1.807) is 17.6 Å². The fourth-order valence-electron chi connectivity index (χ4n) is 2.38. The number of aromatic nitrogens is 1. The average Bonchev–Trinajstić information content (AvgIpc) is 3.22. The summed E-state index contributed by atoms with van der Waals surface area (Å²) < 4.78 is 7.30. The Morgan fingerprint density at radius 3 is 2.77 bits per heavy atom. The van der Waals surface area contributed by atoms with Gasteiger partial charge in [0.1, 0.15) is 5.76 Å². The SMILES string of the molecule is Cc1csc(=O)n1CCN(Cc1ccco1)Cc1cccs1. The Morgan fingerprint density at radius 1 is 1.23 bits per heavy atom. The predicted molar refractivity (Wildman–Crippen MR) is 90.5 cm³/mol. The van der Waals surface area contributed by atoms with Crippen molar-refractivity contribution in [2.45, 2.75) is 26.6 Å². The highest BCUT2D eigenvalue weighted by Crippen LogP contribution is 2.15. The number of aryl methyl sites for hydroxylation is 1. The summed E-state index contributed by atoms with van der Waals surface area (Å²) >= 11 is 3.02. The largest absolute Gasteiger partial charge is 0.468 e. The third-order valence-corrected chi connectivity index (χ3v) is 5.28. The van der Waals surface area contributed by atoms with Crippen molar-refractivity contribution in [1.29, 1.82) is 0 Å². The predicted octanol–water partition coefficient (Wildman–Crippen LogP) is 3.58. The third kappa shape index (κ3) is 3.76. The van der Waals surface area contributed by atoms with Crippen LogP contribution in [0.15, 0.2) is 50.5 Å². The van der Waals surface area contributed by atoms with Gasteiger partial charge in [-0.2, -0.15) is 0 Å². The van der Waals surface area contributed by atoms with Crippen molar-refractivity contribution in [2.24, 2.45) is 0 Å². The van der Waals surface area contributed by atoms with E-state index in [-0.39, 0.29) is 4.87 Å².